The van der Waals surface area contributed by atoms with Gasteiger partial charge in [-0.15, -0.1) is 11.3 Å². The van der Waals surface area contributed by atoms with Crippen LogP contribution in [0.3, 0.4) is 0 Å². The number of thiazole rings is 1. The van der Waals surface area contributed by atoms with Crippen LogP contribution in [-0.2, 0) is 19.0 Å². The van der Waals surface area contributed by atoms with Crippen LogP contribution >= 0.6 is 11.3 Å². The van der Waals surface area contributed by atoms with Crippen molar-refractivity contribution in [3.8, 4) is 11.6 Å². The van der Waals surface area contributed by atoms with Crippen molar-refractivity contribution in [2.24, 2.45) is 0 Å². The molecule has 1 aromatic carbocycles. The maximum Gasteiger partial charge on any atom is 0.421 e. The van der Waals surface area contributed by atoms with E-state index in [-0.39, 0.29) is 0 Å². The first-order valence-corrected chi connectivity index (χ1v) is 8.49. The Balaban J connectivity index is 1.76. The van der Waals surface area contributed by atoms with Crippen molar-refractivity contribution < 1.29 is 17.9 Å². The number of hydrogen-bond acceptors (Lipinski definition) is 4. The number of halogens is 3. The number of ether oxygens (including phenoxy) is 1. The van der Waals surface area contributed by atoms with E-state index in [9.17, 15) is 13.2 Å². The van der Waals surface area contributed by atoms with Gasteiger partial charge in [0.15, 0.2) is 0 Å². The minimum Gasteiger partial charge on any atom is -0.438 e. The molecule has 3 nitrogen and oxygen atoms in total. The van der Waals surface area contributed by atoms with Gasteiger partial charge in [-0.25, -0.2) is 9.97 Å². The quantitative estimate of drug-likeness (QED) is 0.604. The van der Waals surface area contributed by atoms with E-state index in [4.69, 9.17) is 4.74 Å². The Hall–Kier alpha value is -2.41. The number of aromatic nitrogens is 2. The van der Waals surface area contributed by atoms with Crippen LogP contribution in [0, 0.1) is 6.92 Å². The van der Waals surface area contributed by atoms with Gasteiger partial charge in [0.2, 0.25) is 5.88 Å². The molecule has 0 bridgehead atoms. The highest BCUT2D eigenvalue weighted by Gasteiger charge is 2.35. The van der Waals surface area contributed by atoms with E-state index < -0.39 is 17.6 Å². The second kappa shape index (κ2) is 7.23. The average molecular weight is 364 g/mol. The SMILES string of the molecule is Cc1cc(CCc2nccs2)ccc1Oc1ncccc1C(F)(F)F. The second-order valence-electron chi connectivity index (χ2n) is 5.48. The molecule has 0 radical (unpaired) electrons. The molecule has 0 saturated carbocycles. The first-order chi connectivity index (χ1) is 11.9. The van der Waals surface area contributed by atoms with Gasteiger partial charge in [-0.2, -0.15) is 13.2 Å². The summed E-state index contributed by atoms with van der Waals surface area (Å²) in [7, 11) is 0. The third-order valence-electron chi connectivity index (χ3n) is 3.63. The summed E-state index contributed by atoms with van der Waals surface area (Å²) in [6.45, 7) is 1.80. The van der Waals surface area contributed by atoms with E-state index in [0.717, 1.165) is 35.0 Å². The molecule has 0 saturated heterocycles. The van der Waals surface area contributed by atoms with E-state index in [1.54, 1.807) is 30.5 Å². The van der Waals surface area contributed by atoms with Gasteiger partial charge >= 0.3 is 6.18 Å². The molecule has 2 heterocycles. The van der Waals surface area contributed by atoms with Crippen LogP contribution in [0.5, 0.6) is 11.6 Å². The lowest BCUT2D eigenvalue weighted by molar-refractivity contribution is -0.138. The Bertz CT molecular complexity index is 848. The number of aryl methyl sites for hydroxylation is 3. The van der Waals surface area contributed by atoms with Crippen LogP contribution < -0.4 is 4.74 Å². The molecule has 0 aliphatic carbocycles. The fourth-order valence-electron chi connectivity index (χ4n) is 2.40. The summed E-state index contributed by atoms with van der Waals surface area (Å²) in [4.78, 5) is 7.96. The maximum absolute atomic E-state index is 13.0. The molecule has 0 aliphatic rings. The summed E-state index contributed by atoms with van der Waals surface area (Å²) in [6, 6.07) is 7.65. The lowest BCUT2D eigenvalue weighted by atomic mass is 10.1. The first-order valence-electron chi connectivity index (χ1n) is 7.61. The van der Waals surface area contributed by atoms with Crippen LogP contribution in [0.25, 0.3) is 0 Å². The van der Waals surface area contributed by atoms with E-state index in [0.29, 0.717) is 5.75 Å². The highest BCUT2D eigenvalue weighted by atomic mass is 32.1. The molecule has 0 N–H and O–H groups in total. The highest BCUT2D eigenvalue weighted by molar-refractivity contribution is 7.09. The van der Waals surface area contributed by atoms with Gasteiger partial charge in [0.1, 0.15) is 11.3 Å². The van der Waals surface area contributed by atoms with Gasteiger partial charge in [-0.1, -0.05) is 12.1 Å². The monoisotopic (exact) mass is 364 g/mol. The minimum absolute atomic E-state index is 0.363. The van der Waals surface area contributed by atoms with Crippen LogP contribution in [0.2, 0.25) is 0 Å². The summed E-state index contributed by atoms with van der Waals surface area (Å²) in [5.74, 6) is -0.0733. The minimum atomic E-state index is -4.51. The Labute approximate surface area is 147 Å². The summed E-state index contributed by atoms with van der Waals surface area (Å²) < 4.78 is 44.5. The van der Waals surface area contributed by atoms with Crippen molar-refractivity contribution in [1.82, 2.24) is 9.97 Å². The van der Waals surface area contributed by atoms with Crippen molar-refractivity contribution >= 4 is 11.3 Å². The standard InChI is InChI=1S/C18H15F3N2OS/c1-12-11-13(5-7-16-22-9-10-25-16)4-6-15(12)24-17-14(18(19,20)21)3-2-8-23-17/h2-4,6,8-11H,5,7H2,1H3. The third kappa shape index (κ3) is 4.36. The molecule has 3 rings (SSSR count). The Morgan fingerprint density at radius 3 is 2.60 bits per heavy atom. The van der Waals surface area contributed by atoms with Crippen molar-refractivity contribution in [2.45, 2.75) is 25.9 Å². The van der Waals surface area contributed by atoms with Crippen molar-refractivity contribution in [1.29, 1.82) is 0 Å². The van der Waals surface area contributed by atoms with Crippen LogP contribution in [0.1, 0.15) is 21.7 Å². The van der Waals surface area contributed by atoms with E-state index >= 15 is 0 Å². The zero-order valence-corrected chi connectivity index (χ0v) is 14.2. The first kappa shape index (κ1) is 17.4. The number of alkyl halides is 3. The largest absolute Gasteiger partial charge is 0.438 e. The van der Waals surface area contributed by atoms with Gasteiger partial charge in [0.05, 0.1) is 5.01 Å². The van der Waals surface area contributed by atoms with Gasteiger partial charge in [0.25, 0.3) is 0 Å². The zero-order chi connectivity index (χ0) is 17.9. The normalized spacial score (nSPS) is 11.5. The molecular weight excluding hydrogens is 349 g/mol. The van der Waals surface area contributed by atoms with Gasteiger partial charge in [0, 0.05) is 24.2 Å². The molecule has 0 spiro atoms. The van der Waals surface area contributed by atoms with Crippen molar-refractivity contribution in [2.75, 3.05) is 0 Å². The number of rotatable bonds is 5. The second-order valence-corrected chi connectivity index (χ2v) is 6.46. The molecular formula is C18H15F3N2OS. The van der Waals surface area contributed by atoms with Crippen LogP contribution in [-0.4, -0.2) is 9.97 Å². The molecule has 0 atom stereocenters. The molecule has 2 aromatic heterocycles. The van der Waals surface area contributed by atoms with Crippen molar-refractivity contribution in [3.05, 3.63) is 69.8 Å². The fourth-order valence-corrected chi connectivity index (χ4v) is 3.02. The molecule has 25 heavy (non-hydrogen) atoms. The Morgan fingerprint density at radius 2 is 1.92 bits per heavy atom. The summed E-state index contributed by atoms with van der Waals surface area (Å²) >= 11 is 1.60. The number of hydrogen-bond donors (Lipinski definition) is 0. The smallest absolute Gasteiger partial charge is 0.421 e. The van der Waals surface area contributed by atoms with Crippen LogP contribution in [0.15, 0.2) is 48.1 Å². The molecule has 0 unspecified atom stereocenters. The summed E-state index contributed by atoms with van der Waals surface area (Å²) in [5.41, 5.74) is 0.953. The number of benzene rings is 1. The Morgan fingerprint density at radius 1 is 1.08 bits per heavy atom. The molecule has 130 valence electrons. The fraction of sp³-hybridized carbons (Fsp3) is 0.222. The maximum atomic E-state index is 13.0. The topological polar surface area (TPSA) is 35.0 Å². The Kier molecular flexibility index (Phi) is 5.03. The van der Waals surface area contributed by atoms with E-state index in [1.165, 1.54) is 12.3 Å². The van der Waals surface area contributed by atoms with Gasteiger partial charge < -0.3 is 4.74 Å². The predicted octanol–water partition coefficient (Wildman–Crippen LogP) is 5.44. The van der Waals surface area contributed by atoms with Crippen LogP contribution in [0.4, 0.5) is 13.2 Å². The molecule has 7 heteroatoms. The molecule has 0 amide bonds. The summed E-state index contributed by atoms with van der Waals surface area (Å²) in [5, 5.41) is 2.99. The highest BCUT2D eigenvalue weighted by Crippen LogP contribution is 2.37. The predicted molar refractivity (Wildman–Crippen MR) is 90.0 cm³/mol. The lowest BCUT2D eigenvalue weighted by Gasteiger charge is -2.14. The van der Waals surface area contributed by atoms with E-state index in [2.05, 4.69) is 9.97 Å². The van der Waals surface area contributed by atoms with Gasteiger partial charge in [-0.3, -0.25) is 0 Å². The molecule has 0 aliphatic heterocycles. The lowest BCUT2D eigenvalue weighted by Crippen LogP contribution is -2.08. The molecule has 0 fully saturated rings. The summed E-state index contributed by atoms with van der Waals surface area (Å²) in [6.07, 6.45) is 0.183. The number of pyridine rings is 1. The number of nitrogens with zero attached hydrogens (tertiary/aromatic N) is 2. The average Bonchev–Trinajstić information content (AvgIpc) is 3.08. The van der Waals surface area contributed by atoms with E-state index in [1.807, 2.05) is 17.5 Å². The van der Waals surface area contributed by atoms with Gasteiger partial charge in [-0.05, 0) is 42.7 Å². The third-order valence-corrected chi connectivity index (χ3v) is 4.47. The zero-order valence-electron chi connectivity index (χ0n) is 13.4. The van der Waals surface area contributed by atoms with Crippen molar-refractivity contribution in [3.63, 3.8) is 0 Å². The molecule has 3 aromatic rings.